The molecule has 0 radical (unpaired) electrons. The van der Waals surface area contributed by atoms with Crippen molar-refractivity contribution in [2.24, 2.45) is 5.92 Å². The van der Waals surface area contributed by atoms with Gasteiger partial charge in [0.05, 0.1) is 22.8 Å². The molecule has 1 heterocycles. The number of ether oxygens (including phenoxy) is 2. The van der Waals surface area contributed by atoms with Crippen LogP contribution < -0.4 is 10.1 Å². The Bertz CT molecular complexity index is 1230. The van der Waals surface area contributed by atoms with Crippen molar-refractivity contribution in [1.29, 1.82) is 5.26 Å². The zero-order valence-electron chi connectivity index (χ0n) is 21.5. The molecule has 0 bridgehead atoms. The van der Waals surface area contributed by atoms with E-state index in [1.165, 1.54) is 6.42 Å². The van der Waals surface area contributed by atoms with E-state index in [1.54, 1.807) is 0 Å². The minimum absolute atomic E-state index is 0.0307. The van der Waals surface area contributed by atoms with E-state index in [0.29, 0.717) is 30.6 Å². The number of nitrogens with one attached hydrogen (secondary N) is 1. The molecular weight excluding hydrogens is 452 g/mol. The number of carbonyl (C=O) groups excluding carboxylic acids is 1. The first kappa shape index (κ1) is 24.5. The summed E-state index contributed by atoms with van der Waals surface area (Å²) < 4.78 is 13.9. The third kappa shape index (κ3) is 5.15. The van der Waals surface area contributed by atoms with E-state index in [0.717, 1.165) is 60.1 Å². The van der Waals surface area contributed by atoms with Gasteiger partial charge in [-0.2, -0.15) is 5.26 Å². The number of nitrogens with zero attached hydrogens (tertiary/aromatic N) is 3. The molecule has 0 saturated heterocycles. The molecule has 2 saturated carbocycles. The fraction of sp³-hybridized carbons (Fsp3) is 0.517. The number of rotatable bonds is 9. The number of aromatic nitrogens is 1. The highest BCUT2D eigenvalue weighted by molar-refractivity contribution is 5.95. The first-order chi connectivity index (χ1) is 17.4. The smallest absolute Gasteiger partial charge is 0.407 e. The molecule has 2 fully saturated rings. The van der Waals surface area contributed by atoms with Gasteiger partial charge in [0.2, 0.25) is 0 Å². The van der Waals surface area contributed by atoms with Gasteiger partial charge < -0.3 is 24.3 Å². The SMILES string of the molecule is CC(OC(=O)NC1C=CC(c2c(C#N)c3ccc(OCCN(C)C)cc3n2C2CCC2)=CC1)C1CC1. The molecule has 1 amide bonds. The minimum atomic E-state index is -0.357. The average molecular weight is 489 g/mol. The average Bonchev–Trinajstić information content (AvgIpc) is 3.62. The van der Waals surface area contributed by atoms with Gasteiger partial charge in [0.15, 0.2) is 0 Å². The van der Waals surface area contributed by atoms with E-state index in [-0.39, 0.29) is 18.2 Å². The van der Waals surface area contributed by atoms with Crippen molar-refractivity contribution in [3.05, 3.63) is 47.7 Å². The highest BCUT2D eigenvalue weighted by Crippen LogP contribution is 2.42. The van der Waals surface area contributed by atoms with Crippen LogP contribution in [0.1, 0.15) is 62.7 Å². The largest absolute Gasteiger partial charge is 0.492 e. The van der Waals surface area contributed by atoms with Crippen molar-refractivity contribution >= 4 is 22.6 Å². The zero-order valence-corrected chi connectivity index (χ0v) is 21.5. The van der Waals surface area contributed by atoms with E-state index in [1.807, 2.05) is 45.3 Å². The second kappa shape index (κ2) is 10.4. The van der Waals surface area contributed by atoms with E-state index in [4.69, 9.17) is 9.47 Å². The summed E-state index contributed by atoms with van der Waals surface area (Å²) in [6, 6.07) is 8.82. The normalized spacial score (nSPS) is 20.5. The lowest BCUT2D eigenvalue weighted by atomic mass is 9.91. The van der Waals surface area contributed by atoms with E-state index in [2.05, 4.69) is 33.0 Å². The Kier molecular flexibility index (Phi) is 7.06. The molecule has 3 aliphatic rings. The molecule has 5 rings (SSSR count). The second-order valence-corrected chi connectivity index (χ2v) is 10.6. The third-order valence-electron chi connectivity index (χ3n) is 7.59. The third-order valence-corrected chi connectivity index (χ3v) is 7.59. The molecule has 7 nitrogen and oxygen atoms in total. The topological polar surface area (TPSA) is 79.5 Å². The maximum absolute atomic E-state index is 12.3. The number of hydrogen-bond donors (Lipinski definition) is 1. The van der Waals surface area contributed by atoms with Crippen LogP contribution in [-0.2, 0) is 4.74 Å². The van der Waals surface area contributed by atoms with Gasteiger partial charge in [-0.25, -0.2) is 4.79 Å². The van der Waals surface area contributed by atoms with Gasteiger partial charge in [0.25, 0.3) is 0 Å². The monoisotopic (exact) mass is 488 g/mol. The summed E-state index contributed by atoms with van der Waals surface area (Å²) in [6.07, 6.45) is 12.2. The van der Waals surface area contributed by atoms with Gasteiger partial charge in [-0.15, -0.1) is 0 Å². The lowest BCUT2D eigenvalue weighted by molar-refractivity contribution is 0.0938. The predicted octanol–water partition coefficient (Wildman–Crippen LogP) is 5.41. The van der Waals surface area contributed by atoms with Crippen LogP contribution in [0.2, 0.25) is 0 Å². The van der Waals surface area contributed by atoms with E-state index in [9.17, 15) is 10.1 Å². The molecule has 0 aliphatic heterocycles. The summed E-state index contributed by atoms with van der Waals surface area (Å²) in [5.41, 5.74) is 3.77. The van der Waals surface area contributed by atoms with Crippen LogP contribution in [0, 0.1) is 17.2 Å². The van der Waals surface area contributed by atoms with E-state index >= 15 is 0 Å². The highest BCUT2D eigenvalue weighted by Gasteiger charge is 2.31. The van der Waals surface area contributed by atoms with Crippen molar-refractivity contribution in [3.8, 4) is 11.8 Å². The molecule has 2 atom stereocenters. The molecule has 0 spiro atoms. The van der Waals surface area contributed by atoms with Crippen LogP contribution in [0.25, 0.3) is 16.5 Å². The first-order valence-electron chi connectivity index (χ1n) is 13.2. The molecule has 36 heavy (non-hydrogen) atoms. The number of alkyl carbamates (subject to hydrolysis) is 1. The van der Waals surface area contributed by atoms with Crippen LogP contribution in [0.15, 0.2) is 36.4 Å². The quantitative estimate of drug-likeness (QED) is 0.510. The number of allylic oxidation sites excluding steroid dienone is 2. The van der Waals surface area contributed by atoms with Gasteiger partial charge >= 0.3 is 6.09 Å². The number of hydrogen-bond acceptors (Lipinski definition) is 5. The van der Waals surface area contributed by atoms with Crippen molar-refractivity contribution in [2.75, 3.05) is 27.2 Å². The Morgan fingerprint density at radius 2 is 2.08 bits per heavy atom. The number of likely N-dealkylation sites (N-methyl/N-ethyl adjacent to an activating group) is 1. The predicted molar refractivity (Wildman–Crippen MR) is 141 cm³/mol. The van der Waals surface area contributed by atoms with Crippen LogP contribution in [0.4, 0.5) is 4.79 Å². The summed E-state index contributed by atoms with van der Waals surface area (Å²) in [7, 11) is 4.06. The van der Waals surface area contributed by atoms with Crippen LogP contribution in [0.5, 0.6) is 5.75 Å². The Balaban J connectivity index is 1.39. The lowest BCUT2D eigenvalue weighted by Gasteiger charge is -2.31. The number of carbonyl (C=O) groups is 1. The number of nitriles is 1. The zero-order chi connectivity index (χ0) is 25.2. The fourth-order valence-electron chi connectivity index (χ4n) is 5.07. The number of amides is 1. The molecule has 2 unspecified atom stereocenters. The summed E-state index contributed by atoms with van der Waals surface area (Å²) in [5, 5.41) is 14.1. The number of fused-ring (bicyclic) bond motifs is 1. The van der Waals surface area contributed by atoms with Gasteiger partial charge in [-0.3, -0.25) is 0 Å². The van der Waals surface area contributed by atoms with Crippen LogP contribution in [-0.4, -0.2) is 55.0 Å². The molecule has 7 heteroatoms. The molecule has 1 N–H and O–H groups in total. The summed E-state index contributed by atoms with van der Waals surface area (Å²) in [4.78, 5) is 14.4. The van der Waals surface area contributed by atoms with Gasteiger partial charge in [-0.1, -0.05) is 18.2 Å². The Morgan fingerprint density at radius 3 is 2.69 bits per heavy atom. The standard InChI is InChI=1S/C29H36N4O3/c1-19(20-7-8-20)36-29(34)31-22-11-9-21(10-12-22)28-26(18-30)25-14-13-24(35-16-15-32(2)3)17-27(25)33(28)23-5-4-6-23/h9-11,13-14,17,19-20,22-23H,4-8,12,15-16H2,1-3H3,(H,31,34). The van der Waals surface area contributed by atoms with Gasteiger partial charge in [-0.05, 0) is 83.2 Å². The van der Waals surface area contributed by atoms with Crippen molar-refractivity contribution < 1.29 is 14.3 Å². The van der Waals surface area contributed by atoms with E-state index < -0.39 is 0 Å². The summed E-state index contributed by atoms with van der Waals surface area (Å²) in [5.74, 6) is 1.34. The Labute approximate surface area is 213 Å². The molecule has 190 valence electrons. The van der Waals surface area contributed by atoms with Crippen LogP contribution in [0.3, 0.4) is 0 Å². The van der Waals surface area contributed by atoms with Crippen molar-refractivity contribution in [3.63, 3.8) is 0 Å². The molecule has 1 aromatic heterocycles. The van der Waals surface area contributed by atoms with Gasteiger partial charge in [0, 0.05) is 24.0 Å². The maximum atomic E-state index is 12.3. The van der Waals surface area contributed by atoms with Crippen LogP contribution >= 0.6 is 0 Å². The van der Waals surface area contributed by atoms with Gasteiger partial charge in [0.1, 0.15) is 24.5 Å². The maximum Gasteiger partial charge on any atom is 0.407 e. The molecule has 1 aromatic carbocycles. The summed E-state index contributed by atoms with van der Waals surface area (Å²) in [6.45, 7) is 3.43. The second-order valence-electron chi connectivity index (χ2n) is 10.6. The first-order valence-corrected chi connectivity index (χ1v) is 13.2. The fourth-order valence-corrected chi connectivity index (χ4v) is 5.07. The Hall–Kier alpha value is -3.24. The number of benzene rings is 1. The van der Waals surface area contributed by atoms with Crippen molar-refractivity contribution in [1.82, 2.24) is 14.8 Å². The minimum Gasteiger partial charge on any atom is -0.492 e. The lowest BCUT2D eigenvalue weighted by Crippen LogP contribution is -2.36. The molecule has 3 aliphatic carbocycles. The highest BCUT2D eigenvalue weighted by atomic mass is 16.6. The Morgan fingerprint density at radius 1 is 1.28 bits per heavy atom. The van der Waals surface area contributed by atoms with Crippen molar-refractivity contribution in [2.45, 2.75) is 63.6 Å². The molecule has 2 aromatic rings. The molecular formula is C29H36N4O3. The summed E-state index contributed by atoms with van der Waals surface area (Å²) >= 11 is 0.